The molecule has 2 rings (SSSR count). The number of pyridine rings is 1. The summed E-state index contributed by atoms with van der Waals surface area (Å²) in [6.07, 6.45) is 3.09. The minimum absolute atomic E-state index is 0.200. The van der Waals surface area contributed by atoms with E-state index < -0.39 is 6.10 Å². The summed E-state index contributed by atoms with van der Waals surface area (Å²) in [6, 6.07) is 11.5. The summed E-state index contributed by atoms with van der Waals surface area (Å²) in [5, 5.41) is 11.0. The van der Waals surface area contributed by atoms with Crippen LogP contribution in [-0.4, -0.2) is 28.6 Å². The molecule has 2 aromatic rings. The molecule has 2 unspecified atom stereocenters. The molecule has 0 aliphatic rings. The highest BCUT2D eigenvalue weighted by Gasteiger charge is 2.16. The van der Waals surface area contributed by atoms with Crippen molar-refractivity contribution in [2.45, 2.75) is 19.1 Å². The number of nitrogens with zero attached hydrogens (tertiary/aromatic N) is 2. The number of hydrogen-bond acceptors (Lipinski definition) is 3. The maximum Gasteiger partial charge on any atom is 0.0917 e. The van der Waals surface area contributed by atoms with E-state index in [0.29, 0.717) is 11.6 Å². The third kappa shape index (κ3) is 3.79. The average molecular weight is 291 g/mol. The Balaban J connectivity index is 2.00. The zero-order chi connectivity index (χ0) is 14.5. The highest BCUT2D eigenvalue weighted by atomic mass is 35.5. The van der Waals surface area contributed by atoms with Crippen LogP contribution in [0.5, 0.6) is 0 Å². The van der Waals surface area contributed by atoms with Crippen molar-refractivity contribution >= 4 is 11.6 Å². The Kier molecular flexibility index (Phi) is 5.12. The third-order valence-corrected chi connectivity index (χ3v) is 3.80. The van der Waals surface area contributed by atoms with Crippen molar-refractivity contribution in [3.8, 4) is 0 Å². The van der Waals surface area contributed by atoms with E-state index >= 15 is 0 Å². The second-order valence-corrected chi connectivity index (χ2v) is 5.41. The Bertz CT molecular complexity index is 530. The summed E-state index contributed by atoms with van der Waals surface area (Å²) >= 11 is 5.85. The van der Waals surface area contributed by atoms with Crippen LogP contribution in [0, 0.1) is 0 Å². The molecule has 1 aromatic heterocycles. The van der Waals surface area contributed by atoms with E-state index in [9.17, 15) is 5.11 Å². The highest BCUT2D eigenvalue weighted by molar-refractivity contribution is 6.30. The van der Waals surface area contributed by atoms with Crippen molar-refractivity contribution in [2.75, 3.05) is 13.6 Å². The van der Waals surface area contributed by atoms with Gasteiger partial charge in [0, 0.05) is 30.0 Å². The second-order valence-electron chi connectivity index (χ2n) is 4.97. The van der Waals surface area contributed by atoms with Gasteiger partial charge >= 0.3 is 0 Å². The normalized spacial score (nSPS) is 14.2. The standard InChI is InChI=1S/C16H19ClN2O/c1-12(14-4-3-9-18-10-14)19(2)11-16(20)13-5-7-15(17)8-6-13/h3-10,12,16,20H,11H2,1-2H3. The first-order chi connectivity index (χ1) is 9.58. The summed E-state index contributed by atoms with van der Waals surface area (Å²) in [5.74, 6) is 0. The molecule has 0 aliphatic carbocycles. The summed E-state index contributed by atoms with van der Waals surface area (Å²) in [6.45, 7) is 2.66. The van der Waals surface area contributed by atoms with Crippen LogP contribution >= 0.6 is 11.6 Å². The van der Waals surface area contributed by atoms with E-state index in [4.69, 9.17) is 11.6 Å². The Morgan fingerprint density at radius 1 is 1.20 bits per heavy atom. The van der Waals surface area contributed by atoms with E-state index in [-0.39, 0.29) is 6.04 Å². The van der Waals surface area contributed by atoms with Crippen LogP contribution in [0.3, 0.4) is 0 Å². The lowest BCUT2D eigenvalue weighted by Gasteiger charge is -2.27. The lowest BCUT2D eigenvalue weighted by Crippen LogP contribution is -2.27. The van der Waals surface area contributed by atoms with Crippen molar-refractivity contribution in [3.05, 3.63) is 64.9 Å². The van der Waals surface area contributed by atoms with Gasteiger partial charge < -0.3 is 5.11 Å². The molecule has 0 saturated carbocycles. The van der Waals surface area contributed by atoms with Crippen molar-refractivity contribution in [2.24, 2.45) is 0 Å². The second kappa shape index (κ2) is 6.84. The maximum absolute atomic E-state index is 10.3. The van der Waals surface area contributed by atoms with Crippen LogP contribution in [0.2, 0.25) is 5.02 Å². The van der Waals surface area contributed by atoms with Crippen molar-refractivity contribution in [3.63, 3.8) is 0 Å². The van der Waals surface area contributed by atoms with Gasteiger partial charge in [0.05, 0.1) is 6.10 Å². The van der Waals surface area contributed by atoms with Gasteiger partial charge in [-0.15, -0.1) is 0 Å². The number of hydrogen-bond donors (Lipinski definition) is 1. The van der Waals surface area contributed by atoms with Crippen LogP contribution in [0.1, 0.15) is 30.2 Å². The molecule has 1 N–H and O–H groups in total. The molecule has 1 aromatic carbocycles. The molecular formula is C16H19ClN2O. The molecule has 0 fully saturated rings. The number of aliphatic hydroxyl groups excluding tert-OH is 1. The summed E-state index contributed by atoms with van der Waals surface area (Å²) < 4.78 is 0. The first kappa shape index (κ1) is 15.0. The minimum Gasteiger partial charge on any atom is -0.387 e. The molecule has 4 heteroatoms. The molecule has 0 amide bonds. The summed E-state index contributed by atoms with van der Waals surface area (Å²) in [5.41, 5.74) is 2.01. The fourth-order valence-corrected chi connectivity index (χ4v) is 2.22. The SMILES string of the molecule is CC(c1cccnc1)N(C)CC(O)c1ccc(Cl)cc1. The van der Waals surface area contributed by atoms with E-state index in [2.05, 4.69) is 16.8 Å². The largest absolute Gasteiger partial charge is 0.387 e. The van der Waals surface area contributed by atoms with Crippen LogP contribution in [0.15, 0.2) is 48.8 Å². The monoisotopic (exact) mass is 290 g/mol. The van der Waals surface area contributed by atoms with E-state index in [1.54, 1.807) is 18.3 Å². The Hall–Kier alpha value is -1.42. The van der Waals surface area contributed by atoms with Gasteiger partial charge in [-0.25, -0.2) is 0 Å². The molecule has 0 spiro atoms. The van der Waals surface area contributed by atoms with Gasteiger partial charge in [-0.2, -0.15) is 0 Å². The van der Waals surface area contributed by atoms with Crippen molar-refractivity contribution in [1.29, 1.82) is 0 Å². The maximum atomic E-state index is 10.3. The molecule has 106 valence electrons. The van der Waals surface area contributed by atoms with Crippen LogP contribution < -0.4 is 0 Å². The smallest absolute Gasteiger partial charge is 0.0917 e. The van der Waals surface area contributed by atoms with E-state index in [1.807, 2.05) is 37.5 Å². The molecule has 0 radical (unpaired) electrons. The number of halogens is 1. The molecule has 1 heterocycles. The first-order valence-corrected chi connectivity index (χ1v) is 6.99. The van der Waals surface area contributed by atoms with Gasteiger partial charge in [-0.3, -0.25) is 9.88 Å². The van der Waals surface area contributed by atoms with E-state index in [1.165, 1.54) is 0 Å². The van der Waals surface area contributed by atoms with Crippen LogP contribution in [0.4, 0.5) is 0 Å². The van der Waals surface area contributed by atoms with Gasteiger partial charge in [0.2, 0.25) is 0 Å². The van der Waals surface area contributed by atoms with Gasteiger partial charge in [-0.05, 0) is 43.3 Å². The zero-order valence-electron chi connectivity index (χ0n) is 11.7. The minimum atomic E-state index is -0.531. The topological polar surface area (TPSA) is 36.4 Å². The molecule has 3 nitrogen and oxygen atoms in total. The van der Waals surface area contributed by atoms with Crippen LogP contribution in [-0.2, 0) is 0 Å². The molecule has 0 bridgehead atoms. The number of aliphatic hydroxyl groups is 1. The lowest BCUT2D eigenvalue weighted by atomic mass is 10.1. The molecule has 0 saturated heterocycles. The molecule has 0 aliphatic heterocycles. The van der Waals surface area contributed by atoms with Gasteiger partial charge in [0.15, 0.2) is 0 Å². The predicted octanol–water partition coefficient (Wildman–Crippen LogP) is 3.46. The van der Waals surface area contributed by atoms with Crippen molar-refractivity contribution in [1.82, 2.24) is 9.88 Å². The van der Waals surface area contributed by atoms with Crippen LogP contribution in [0.25, 0.3) is 0 Å². The Labute approximate surface area is 124 Å². The summed E-state index contributed by atoms with van der Waals surface area (Å²) in [4.78, 5) is 6.24. The first-order valence-electron chi connectivity index (χ1n) is 6.61. The average Bonchev–Trinajstić information content (AvgIpc) is 2.48. The number of aromatic nitrogens is 1. The number of likely N-dealkylation sites (N-methyl/N-ethyl adjacent to an activating group) is 1. The molecular weight excluding hydrogens is 272 g/mol. The van der Waals surface area contributed by atoms with E-state index in [0.717, 1.165) is 11.1 Å². The lowest BCUT2D eigenvalue weighted by molar-refractivity contribution is 0.108. The fourth-order valence-electron chi connectivity index (χ4n) is 2.10. The Morgan fingerprint density at radius 3 is 2.50 bits per heavy atom. The zero-order valence-corrected chi connectivity index (χ0v) is 12.5. The molecule has 20 heavy (non-hydrogen) atoms. The number of benzene rings is 1. The van der Waals surface area contributed by atoms with Gasteiger partial charge in [-0.1, -0.05) is 29.8 Å². The highest BCUT2D eigenvalue weighted by Crippen LogP contribution is 2.22. The quantitative estimate of drug-likeness (QED) is 0.916. The third-order valence-electron chi connectivity index (χ3n) is 3.54. The van der Waals surface area contributed by atoms with Gasteiger partial charge in [0.1, 0.15) is 0 Å². The van der Waals surface area contributed by atoms with Gasteiger partial charge in [0.25, 0.3) is 0 Å². The Morgan fingerprint density at radius 2 is 1.90 bits per heavy atom. The summed E-state index contributed by atoms with van der Waals surface area (Å²) in [7, 11) is 2.00. The number of rotatable bonds is 5. The molecule has 2 atom stereocenters. The predicted molar refractivity (Wildman–Crippen MR) is 81.7 cm³/mol. The fraction of sp³-hybridized carbons (Fsp3) is 0.312. The van der Waals surface area contributed by atoms with Crippen molar-refractivity contribution < 1.29 is 5.11 Å².